The van der Waals surface area contributed by atoms with Crippen LogP contribution < -0.4 is 10.2 Å². The second kappa shape index (κ2) is 5.24. The van der Waals surface area contributed by atoms with Crippen molar-refractivity contribution in [1.29, 1.82) is 0 Å². The van der Waals surface area contributed by atoms with Crippen molar-refractivity contribution in [3.8, 4) is 5.75 Å². The summed E-state index contributed by atoms with van der Waals surface area (Å²) in [5.74, 6) is -2.26. The van der Waals surface area contributed by atoms with E-state index in [-0.39, 0.29) is 10.8 Å². The Hall–Kier alpha value is -2.29. The predicted molar refractivity (Wildman–Crippen MR) is 62.0 cm³/mol. The Bertz CT molecular complexity index is 576. The molecule has 0 unspecified atom stereocenters. The van der Waals surface area contributed by atoms with E-state index in [9.17, 15) is 27.5 Å². The number of carbonyl (C=O) groups is 1. The molecule has 0 aromatic heterocycles. The Labute approximate surface area is 116 Å². The number of aliphatic hydroxyl groups is 1. The van der Waals surface area contributed by atoms with Gasteiger partial charge in [-0.2, -0.15) is 13.2 Å². The van der Waals surface area contributed by atoms with Crippen LogP contribution in [-0.4, -0.2) is 34.5 Å². The summed E-state index contributed by atoms with van der Waals surface area (Å²) in [5.41, 5.74) is -1.51. The molecule has 1 aliphatic heterocycles. The second-order valence-electron chi connectivity index (χ2n) is 4.13. The molecule has 9 heteroatoms. The van der Waals surface area contributed by atoms with E-state index in [0.717, 1.165) is 12.3 Å². The van der Waals surface area contributed by atoms with E-state index in [2.05, 4.69) is 0 Å². The minimum atomic E-state index is -5.10. The smallest absolute Gasteiger partial charge is 0.442 e. The highest BCUT2D eigenvalue weighted by Gasteiger charge is 2.60. The topological polar surface area (TPSA) is 61.8 Å². The molecule has 1 aromatic carbocycles. The summed E-state index contributed by atoms with van der Waals surface area (Å²) in [6.45, 7) is -0.881. The number of nitrogens with one attached hydrogen (secondary N) is 1. The van der Waals surface area contributed by atoms with Gasteiger partial charge in [0.1, 0.15) is 0 Å². The number of nitrogens with zero attached hydrogens (tertiary/aromatic N) is 1. The van der Waals surface area contributed by atoms with Crippen LogP contribution in [0.4, 0.5) is 17.6 Å². The SMILES string of the molecule is O=C(COc1ccccc1F)N1NC=C[C@@]1(O)C(F)(F)F. The first-order valence-electron chi connectivity index (χ1n) is 5.69. The molecule has 0 radical (unpaired) electrons. The van der Waals surface area contributed by atoms with Crippen molar-refractivity contribution in [1.82, 2.24) is 10.4 Å². The third kappa shape index (κ3) is 2.77. The number of halogens is 4. The molecule has 1 aliphatic rings. The lowest BCUT2D eigenvalue weighted by Crippen LogP contribution is -2.61. The van der Waals surface area contributed by atoms with Gasteiger partial charge in [0, 0.05) is 6.20 Å². The number of carbonyl (C=O) groups excluding carboxylic acids is 1. The van der Waals surface area contributed by atoms with Crippen molar-refractivity contribution in [2.24, 2.45) is 0 Å². The first-order chi connectivity index (χ1) is 9.75. The van der Waals surface area contributed by atoms with E-state index >= 15 is 0 Å². The lowest BCUT2D eigenvalue weighted by molar-refractivity contribution is -0.289. The summed E-state index contributed by atoms with van der Waals surface area (Å²) in [6.07, 6.45) is -3.94. The molecular formula is C12H10F4N2O3. The highest BCUT2D eigenvalue weighted by molar-refractivity contribution is 5.79. The van der Waals surface area contributed by atoms with Gasteiger partial charge in [-0.25, -0.2) is 9.40 Å². The number of alkyl halides is 3. The molecule has 5 nitrogen and oxygen atoms in total. The Morgan fingerprint density at radius 2 is 2.05 bits per heavy atom. The predicted octanol–water partition coefficient (Wildman–Crippen LogP) is 1.32. The summed E-state index contributed by atoms with van der Waals surface area (Å²) in [4.78, 5) is 11.7. The zero-order valence-electron chi connectivity index (χ0n) is 10.4. The minimum Gasteiger partial charge on any atom is -0.481 e. The Balaban J connectivity index is 2.06. The van der Waals surface area contributed by atoms with E-state index in [0.29, 0.717) is 6.08 Å². The van der Waals surface area contributed by atoms with Gasteiger partial charge in [0.15, 0.2) is 18.2 Å². The standard InChI is InChI=1S/C12H10F4N2O3/c13-8-3-1-2-4-9(8)21-7-10(19)18-11(20,5-6-17-18)12(14,15)16/h1-6,17,20H,7H2/t11-/m1/s1. The highest BCUT2D eigenvalue weighted by Crippen LogP contribution is 2.35. The van der Waals surface area contributed by atoms with Gasteiger partial charge < -0.3 is 15.3 Å². The summed E-state index contributed by atoms with van der Waals surface area (Å²) in [6, 6.07) is 5.11. The van der Waals surface area contributed by atoms with E-state index < -0.39 is 30.2 Å². The van der Waals surface area contributed by atoms with Crippen LogP contribution >= 0.6 is 0 Å². The van der Waals surface area contributed by atoms with Gasteiger partial charge in [-0.15, -0.1) is 0 Å². The van der Waals surface area contributed by atoms with Crippen molar-refractivity contribution < 1.29 is 32.2 Å². The van der Waals surface area contributed by atoms with E-state index in [4.69, 9.17) is 4.74 Å². The van der Waals surface area contributed by atoms with Crippen molar-refractivity contribution in [2.75, 3.05) is 6.61 Å². The van der Waals surface area contributed by atoms with Gasteiger partial charge in [0.05, 0.1) is 0 Å². The van der Waals surface area contributed by atoms with Crippen LogP contribution in [0.2, 0.25) is 0 Å². The molecule has 0 saturated heterocycles. The molecule has 0 spiro atoms. The van der Waals surface area contributed by atoms with Crippen LogP contribution in [0.15, 0.2) is 36.5 Å². The van der Waals surface area contributed by atoms with Crippen LogP contribution in [-0.2, 0) is 4.79 Å². The maximum Gasteiger partial charge on any atom is 0.442 e. The Morgan fingerprint density at radius 3 is 2.67 bits per heavy atom. The van der Waals surface area contributed by atoms with Crippen molar-refractivity contribution in [3.05, 3.63) is 42.4 Å². The molecular weight excluding hydrogens is 296 g/mol. The molecule has 1 heterocycles. The molecule has 1 amide bonds. The Kier molecular flexibility index (Phi) is 3.77. The number of amides is 1. The van der Waals surface area contributed by atoms with Gasteiger partial charge >= 0.3 is 6.18 Å². The molecule has 114 valence electrons. The minimum absolute atomic E-state index is 0.0339. The maximum absolute atomic E-state index is 13.3. The van der Waals surface area contributed by atoms with E-state index in [1.54, 1.807) is 0 Å². The van der Waals surface area contributed by atoms with E-state index in [1.807, 2.05) is 5.43 Å². The highest BCUT2D eigenvalue weighted by atomic mass is 19.4. The number of hydrogen-bond donors (Lipinski definition) is 2. The summed E-state index contributed by atoms with van der Waals surface area (Å²) < 4.78 is 56.3. The third-order valence-electron chi connectivity index (χ3n) is 2.71. The van der Waals surface area contributed by atoms with Crippen LogP contribution in [0.25, 0.3) is 0 Å². The number of hydrogen-bond acceptors (Lipinski definition) is 4. The molecule has 1 atom stereocenters. The van der Waals surface area contributed by atoms with Crippen LogP contribution in [0.3, 0.4) is 0 Å². The fourth-order valence-electron chi connectivity index (χ4n) is 1.65. The summed E-state index contributed by atoms with van der Waals surface area (Å²) >= 11 is 0. The fraction of sp³-hybridized carbons (Fsp3) is 0.250. The molecule has 1 aromatic rings. The lowest BCUT2D eigenvalue weighted by Gasteiger charge is -2.33. The van der Waals surface area contributed by atoms with Crippen LogP contribution in [0.1, 0.15) is 0 Å². The van der Waals surface area contributed by atoms with Gasteiger partial charge in [0.2, 0.25) is 0 Å². The zero-order chi connectivity index (χ0) is 15.7. The number of ether oxygens (including phenoxy) is 1. The fourth-order valence-corrected chi connectivity index (χ4v) is 1.65. The van der Waals surface area contributed by atoms with Crippen LogP contribution in [0, 0.1) is 5.82 Å². The normalized spacial score (nSPS) is 21.3. The molecule has 0 fully saturated rings. The monoisotopic (exact) mass is 306 g/mol. The van der Waals surface area contributed by atoms with Crippen LogP contribution in [0.5, 0.6) is 5.75 Å². The molecule has 0 saturated carbocycles. The van der Waals surface area contributed by atoms with Gasteiger partial charge in [-0.1, -0.05) is 12.1 Å². The quantitative estimate of drug-likeness (QED) is 0.827. The second-order valence-corrected chi connectivity index (χ2v) is 4.13. The number of benzene rings is 1. The van der Waals surface area contributed by atoms with Crippen molar-refractivity contribution >= 4 is 5.91 Å². The first kappa shape index (κ1) is 15.1. The van der Waals surface area contributed by atoms with Gasteiger partial charge in [-0.3, -0.25) is 4.79 Å². The largest absolute Gasteiger partial charge is 0.481 e. The molecule has 0 bridgehead atoms. The van der Waals surface area contributed by atoms with Gasteiger partial charge in [-0.05, 0) is 18.2 Å². The number of para-hydroxylation sites is 1. The average Bonchev–Trinajstić information content (AvgIpc) is 2.80. The van der Waals surface area contributed by atoms with Crippen molar-refractivity contribution in [3.63, 3.8) is 0 Å². The Morgan fingerprint density at radius 1 is 1.38 bits per heavy atom. The van der Waals surface area contributed by atoms with Gasteiger partial charge in [0.25, 0.3) is 11.6 Å². The van der Waals surface area contributed by atoms with Crippen molar-refractivity contribution in [2.45, 2.75) is 11.9 Å². The zero-order valence-corrected chi connectivity index (χ0v) is 10.4. The number of rotatable bonds is 3. The molecule has 2 N–H and O–H groups in total. The molecule has 21 heavy (non-hydrogen) atoms. The maximum atomic E-state index is 13.3. The summed E-state index contributed by atoms with van der Waals surface area (Å²) in [7, 11) is 0. The number of hydrazine groups is 1. The molecule has 0 aliphatic carbocycles. The van der Waals surface area contributed by atoms with E-state index in [1.165, 1.54) is 18.2 Å². The molecule has 2 rings (SSSR count). The average molecular weight is 306 g/mol. The lowest BCUT2D eigenvalue weighted by atomic mass is 10.2. The summed E-state index contributed by atoms with van der Waals surface area (Å²) in [5, 5.41) is 9.48. The third-order valence-corrected chi connectivity index (χ3v) is 2.71. The first-order valence-corrected chi connectivity index (χ1v) is 5.69.